The molecule has 0 spiro atoms. The molecule has 5 nitrogen and oxygen atoms in total. The molecule has 2 heterocycles. The van der Waals surface area contributed by atoms with Gasteiger partial charge in [0.05, 0.1) is 19.8 Å². The summed E-state index contributed by atoms with van der Waals surface area (Å²) in [6.07, 6.45) is 1.14. The van der Waals surface area contributed by atoms with Crippen LogP contribution in [0.1, 0.15) is 6.42 Å². The highest BCUT2D eigenvalue weighted by Gasteiger charge is 2.36. The lowest BCUT2D eigenvalue weighted by molar-refractivity contribution is -0.154. The number of esters is 1. The van der Waals surface area contributed by atoms with Crippen LogP contribution in [0.5, 0.6) is 0 Å². The fraction of sp³-hybridized carbons (Fsp3) is 0.909. The lowest BCUT2D eigenvalue weighted by Crippen LogP contribution is -2.57. The number of nitrogens with zero attached hydrogens (tertiary/aromatic N) is 2. The first-order valence-electron chi connectivity index (χ1n) is 5.82. The number of rotatable bonds is 3. The molecule has 0 amide bonds. The quantitative estimate of drug-likeness (QED) is 0.613. The Morgan fingerprint density at radius 3 is 2.88 bits per heavy atom. The second-order valence-corrected chi connectivity index (χ2v) is 4.58. The van der Waals surface area contributed by atoms with Crippen LogP contribution < -0.4 is 0 Å². The maximum Gasteiger partial charge on any atom is 0.323 e. The molecule has 2 unspecified atom stereocenters. The molecule has 5 heteroatoms. The van der Waals surface area contributed by atoms with Gasteiger partial charge in [-0.1, -0.05) is 0 Å². The third-order valence-corrected chi connectivity index (χ3v) is 3.38. The smallest absolute Gasteiger partial charge is 0.323 e. The minimum atomic E-state index is -0.115. The molecular formula is C11H20N2O3. The van der Waals surface area contributed by atoms with Gasteiger partial charge in [-0.25, -0.2) is 0 Å². The zero-order valence-corrected chi connectivity index (χ0v) is 10.0. The van der Waals surface area contributed by atoms with E-state index in [-0.39, 0.29) is 18.1 Å². The molecule has 0 aliphatic carbocycles. The molecule has 0 radical (unpaired) electrons. The van der Waals surface area contributed by atoms with Gasteiger partial charge in [0.25, 0.3) is 0 Å². The molecule has 0 bridgehead atoms. The van der Waals surface area contributed by atoms with E-state index < -0.39 is 0 Å². The molecule has 2 rings (SSSR count). The molecular weight excluding hydrogens is 208 g/mol. The van der Waals surface area contributed by atoms with Crippen molar-refractivity contribution in [3.8, 4) is 0 Å². The zero-order chi connectivity index (χ0) is 11.5. The molecule has 2 saturated heterocycles. The van der Waals surface area contributed by atoms with E-state index in [1.54, 1.807) is 0 Å². The Kier molecular flexibility index (Phi) is 3.78. The van der Waals surface area contributed by atoms with E-state index in [0.29, 0.717) is 0 Å². The van der Waals surface area contributed by atoms with Crippen LogP contribution in [0.3, 0.4) is 0 Å². The molecule has 0 N–H and O–H groups in total. The number of carbonyl (C=O) groups excluding carboxylic acids is 1. The van der Waals surface area contributed by atoms with Gasteiger partial charge in [-0.05, 0) is 13.5 Å². The van der Waals surface area contributed by atoms with E-state index in [9.17, 15) is 4.79 Å². The van der Waals surface area contributed by atoms with Crippen LogP contribution in [0.15, 0.2) is 0 Å². The Bertz CT molecular complexity index is 260. The number of methoxy groups -OCH3 is 1. The van der Waals surface area contributed by atoms with Gasteiger partial charge in [-0.3, -0.25) is 9.69 Å². The number of hydrogen-bond donors (Lipinski definition) is 0. The third-order valence-electron chi connectivity index (χ3n) is 3.38. The van der Waals surface area contributed by atoms with Gasteiger partial charge < -0.3 is 14.4 Å². The minimum absolute atomic E-state index is 0.0409. The molecule has 2 aliphatic heterocycles. The largest absolute Gasteiger partial charge is 0.468 e. The minimum Gasteiger partial charge on any atom is -0.468 e. The molecule has 2 atom stereocenters. The monoisotopic (exact) mass is 228 g/mol. The summed E-state index contributed by atoms with van der Waals surface area (Å²) in [6.45, 7) is 4.55. The van der Waals surface area contributed by atoms with Crippen molar-refractivity contribution in [2.75, 3.05) is 46.9 Å². The molecule has 0 aromatic rings. The SMILES string of the molecule is COC(=O)C1CCN1CC1CN(C)CCO1. The first kappa shape index (κ1) is 11.8. The second kappa shape index (κ2) is 5.12. The first-order valence-corrected chi connectivity index (χ1v) is 5.82. The number of hydrogen-bond acceptors (Lipinski definition) is 5. The van der Waals surface area contributed by atoms with Gasteiger partial charge in [0.15, 0.2) is 0 Å². The summed E-state index contributed by atoms with van der Waals surface area (Å²) in [4.78, 5) is 15.8. The van der Waals surface area contributed by atoms with Gasteiger partial charge in [-0.15, -0.1) is 0 Å². The fourth-order valence-corrected chi connectivity index (χ4v) is 2.30. The van der Waals surface area contributed by atoms with Crippen LogP contribution in [-0.4, -0.2) is 74.9 Å². The maximum atomic E-state index is 11.4. The van der Waals surface area contributed by atoms with Crippen molar-refractivity contribution >= 4 is 5.97 Å². The number of carbonyl (C=O) groups is 1. The van der Waals surface area contributed by atoms with Crippen molar-refractivity contribution in [2.45, 2.75) is 18.6 Å². The van der Waals surface area contributed by atoms with Crippen molar-refractivity contribution in [3.05, 3.63) is 0 Å². The summed E-state index contributed by atoms with van der Waals surface area (Å²) in [7, 11) is 3.55. The van der Waals surface area contributed by atoms with Gasteiger partial charge in [0.1, 0.15) is 6.04 Å². The Morgan fingerprint density at radius 2 is 2.31 bits per heavy atom. The molecule has 2 aliphatic rings. The van der Waals surface area contributed by atoms with Gasteiger partial charge in [0, 0.05) is 26.2 Å². The Balaban J connectivity index is 1.79. The number of ether oxygens (including phenoxy) is 2. The normalized spacial score (nSPS) is 32.1. The summed E-state index contributed by atoms with van der Waals surface area (Å²) in [5.74, 6) is -0.115. The highest BCUT2D eigenvalue weighted by atomic mass is 16.5. The second-order valence-electron chi connectivity index (χ2n) is 4.58. The van der Waals surface area contributed by atoms with Gasteiger partial charge in [0.2, 0.25) is 0 Å². The lowest BCUT2D eigenvalue weighted by Gasteiger charge is -2.42. The van der Waals surface area contributed by atoms with Crippen molar-refractivity contribution < 1.29 is 14.3 Å². The maximum absolute atomic E-state index is 11.4. The number of likely N-dealkylation sites (N-methyl/N-ethyl adjacent to an activating group) is 1. The zero-order valence-electron chi connectivity index (χ0n) is 10.0. The van der Waals surface area contributed by atoms with E-state index in [0.717, 1.165) is 39.2 Å². The summed E-state index contributed by atoms with van der Waals surface area (Å²) < 4.78 is 10.4. The summed E-state index contributed by atoms with van der Waals surface area (Å²) in [6, 6.07) is -0.0409. The van der Waals surface area contributed by atoms with Crippen molar-refractivity contribution in [3.63, 3.8) is 0 Å². The van der Waals surface area contributed by atoms with Crippen LogP contribution >= 0.6 is 0 Å². The fourth-order valence-electron chi connectivity index (χ4n) is 2.30. The first-order chi connectivity index (χ1) is 7.70. The number of likely N-dealkylation sites (tertiary alicyclic amines) is 1. The van der Waals surface area contributed by atoms with E-state index in [1.165, 1.54) is 7.11 Å². The molecule has 2 fully saturated rings. The average molecular weight is 228 g/mol. The van der Waals surface area contributed by atoms with E-state index in [4.69, 9.17) is 9.47 Å². The van der Waals surface area contributed by atoms with E-state index >= 15 is 0 Å². The third kappa shape index (κ3) is 2.53. The van der Waals surface area contributed by atoms with E-state index in [1.807, 2.05) is 0 Å². The Hall–Kier alpha value is -0.650. The van der Waals surface area contributed by atoms with Crippen LogP contribution in [0.4, 0.5) is 0 Å². The Morgan fingerprint density at radius 1 is 1.50 bits per heavy atom. The summed E-state index contributed by atoms with van der Waals surface area (Å²) >= 11 is 0. The summed E-state index contributed by atoms with van der Waals surface area (Å²) in [5.41, 5.74) is 0. The van der Waals surface area contributed by atoms with Crippen LogP contribution in [0.25, 0.3) is 0 Å². The standard InChI is InChI=1S/C11H20N2O3/c1-12-5-6-16-9(7-12)8-13-4-3-10(13)11(14)15-2/h9-10H,3-8H2,1-2H3. The van der Waals surface area contributed by atoms with E-state index in [2.05, 4.69) is 16.8 Å². The lowest BCUT2D eigenvalue weighted by atomic mass is 10.0. The Labute approximate surface area is 96.3 Å². The van der Waals surface area contributed by atoms with Crippen molar-refractivity contribution in [2.24, 2.45) is 0 Å². The van der Waals surface area contributed by atoms with Crippen LogP contribution in [0, 0.1) is 0 Å². The molecule has 0 aromatic carbocycles. The average Bonchev–Trinajstić information content (AvgIpc) is 2.24. The number of morpholine rings is 1. The highest BCUT2D eigenvalue weighted by Crippen LogP contribution is 2.20. The van der Waals surface area contributed by atoms with Crippen LogP contribution in [-0.2, 0) is 14.3 Å². The van der Waals surface area contributed by atoms with Gasteiger partial charge in [-0.2, -0.15) is 0 Å². The molecule has 0 saturated carbocycles. The summed E-state index contributed by atoms with van der Waals surface area (Å²) in [5, 5.41) is 0. The van der Waals surface area contributed by atoms with Crippen molar-refractivity contribution in [1.29, 1.82) is 0 Å². The highest BCUT2D eigenvalue weighted by molar-refractivity contribution is 5.76. The topological polar surface area (TPSA) is 42.0 Å². The molecule has 16 heavy (non-hydrogen) atoms. The predicted octanol–water partition coefficient (Wildman–Crippen LogP) is -0.436. The van der Waals surface area contributed by atoms with Crippen LogP contribution in [0.2, 0.25) is 0 Å². The molecule has 92 valence electrons. The van der Waals surface area contributed by atoms with Crippen molar-refractivity contribution in [1.82, 2.24) is 9.80 Å². The van der Waals surface area contributed by atoms with Gasteiger partial charge >= 0.3 is 5.97 Å². The molecule has 0 aromatic heterocycles. The predicted molar refractivity (Wildman–Crippen MR) is 59.2 cm³/mol.